The van der Waals surface area contributed by atoms with Crippen molar-refractivity contribution in [3.05, 3.63) is 65.2 Å². The van der Waals surface area contributed by atoms with E-state index in [1.165, 1.54) is 16.7 Å². The highest BCUT2D eigenvalue weighted by molar-refractivity contribution is 5.66. The summed E-state index contributed by atoms with van der Waals surface area (Å²) in [4.78, 5) is 13.2. The van der Waals surface area contributed by atoms with Crippen LogP contribution < -0.4 is 4.74 Å². The average Bonchev–Trinajstić information content (AvgIpc) is 2.59. The minimum Gasteiger partial charge on any atom is -0.497 e. The normalized spacial score (nSPS) is 17.5. The molecule has 23 heavy (non-hydrogen) atoms. The van der Waals surface area contributed by atoms with Gasteiger partial charge < -0.3 is 9.84 Å². The predicted octanol–water partition coefficient (Wildman–Crippen LogP) is 3.27. The Hall–Kier alpha value is -2.33. The van der Waals surface area contributed by atoms with Gasteiger partial charge in [0, 0.05) is 19.1 Å². The average molecular weight is 311 g/mol. The summed E-state index contributed by atoms with van der Waals surface area (Å²) in [6.45, 7) is 1.30. The van der Waals surface area contributed by atoms with Gasteiger partial charge in [-0.1, -0.05) is 36.4 Å². The van der Waals surface area contributed by atoms with Gasteiger partial charge in [0.05, 0.1) is 13.5 Å². The van der Waals surface area contributed by atoms with E-state index in [1.807, 2.05) is 24.3 Å². The lowest BCUT2D eigenvalue weighted by Crippen LogP contribution is -2.35. The van der Waals surface area contributed by atoms with Crippen molar-refractivity contribution >= 4 is 5.97 Å². The van der Waals surface area contributed by atoms with E-state index in [4.69, 9.17) is 9.84 Å². The van der Waals surface area contributed by atoms with Crippen LogP contribution in [0.3, 0.4) is 0 Å². The molecular formula is C19H21NO3. The Morgan fingerprint density at radius 3 is 2.70 bits per heavy atom. The second-order valence-electron chi connectivity index (χ2n) is 5.88. The lowest BCUT2D eigenvalue weighted by atomic mass is 9.89. The molecule has 1 aliphatic rings. The van der Waals surface area contributed by atoms with Gasteiger partial charge in [-0.05, 0) is 35.2 Å². The molecule has 0 aromatic heterocycles. The summed E-state index contributed by atoms with van der Waals surface area (Å²) in [5.74, 6) is 0.0911. The van der Waals surface area contributed by atoms with Crippen molar-refractivity contribution < 1.29 is 14.6 Å². The van der Waals surface area contributed by atoms with Crippen molar-refractivity contribution in [3.8, 4) is 5.75 Å². The molecular weight excluding hydrogens is 290 g/mol. The van der Waals surface area contributed by atoms with Crippen LogP contribution >= 0.6 is 0 Å². The molecule has 1 aliphatic heterocycles. The van der Waals surface area contributed by atoms with Crippen molar-refractivity contribution in [2.45, 2.75) is 25.4 Å². The zero-order chi connectivity index (χ0) is 16.2. The molecule has 0 bridgehead atoms. The number of benzene rings is 2. The largest absolute Gasteiger partial charge is 0.497 e. The van der Waals surface area contributed by atoms with E-state index in [1.54, 1.807) is 7.11 Å². The Morgan fingerprint density at radius 1 is 1.22 bits per heavy atom. The number of nitrogens with zero attached hydrogens (tertiary/aromatic N) is 1. The van der Waals surface area contributed by atoms with Crippen LogP contribution in [-0.4, -0.2) is 29.6 Å². The third-order valence-corrected chi connectivity index (χ3v) is 4.44. The third kappa shape index (κ3) is 3.54. The SMILES string of the molecule is COc1ccc2c(c1)CN(CCC(=O)O)C(c1ccccc1)C2. The third-order valence-electron chi connectivity index (χ3n) is 4.44. The highest BCUT2D eigenvalue weighted by Gasteiger charge is 2.27. The van der Waals surface area contributed by atoms with Crippen molar-refractivity contribution in [1.82, 2.24) is 4.90 Å². The van der Waals surface area contributed by atoms with Gasteiger partial charge >= 0.3 is 5.97 Å². The van der Waals surface area contributed by atoms with Gasteiger partial charge in [0.15, 0.2) is 0 Å². The number of methoxy groups -OCH3 is 1. The van der Waals surface area contributed by atoms with Gasteiger partial charge in [0.2, 0.25) is 0 Å². The summed E-state index contributed by atoms with van der Waals surface area (Å²) < 4.78 is 5.31. The Morgan fingerprint density at radius 2 is 2.00 bits per heavy atom. The molecule has 4 heteroatoms. The number of hydrogen-bond donors (Lipinski definition) is 1. The number of rotatable bonds is 5. The standard InChI is InChI=1S/C19H21NO3/c1-23-17-8-7-15-12-18(14-5-3-2-4-6-14)20(10-9-19(21)22)13-16(15)11-17/h2-8,11,18H,9-10,12-13H2,1H3,(H,21,22). The molecule has 0 saturated carbocycles. The second-order valence-corrected chi connectivity index (χ2v) is 5.88. The summed E-state index contributed by atoms with van der Waals surface area (Å²) >= 11 is 0. The Bertz CT molecular complexity index is 684. The van der Waals surface area contributed by atoms with E-state index in [2.05, 4.69) is 29.2 Å². The monoisotopic (exact) mass is 311 g/mol. The molecule has 1 N–H and O–H groups in total. The fraction of sp³-hybridized carbons (Fsp3) is 0.316. The van der Waals surface area contributed by atoms with Crippen molar-refractivity contribution in [3.63, 3.8) is 0 Å². The molecule has 0 spiro atoms. The van der Waals surface area contributed by atoms with Gasteiger partial charge in [-0.2, -0.15) is 0 Å². The maximum absolute atomic E-state index is 11.0. The molecule has 1 atom stereocenters. The molecule has 1 heterocycles. The van der Waals surface area contributed by atoms with Crippen LogP contribution in [0.15, 0.2) is 48.5 Å². The molecule has 0 amide bonds. The maximum atomic E-state index is 11.0. The van der Waals surface area contributed by atoms with Crippen LogP contribution in [0.5, 0.6) is 5.75 Å². The van der Waals surface area contributed by atoms with Gasteiger partial charge in [-0.15, -0.1) is 0 Å². The van der Waals surface area contributed by atoms with Crippen molar-refractivity contribution in [1.29, 1.82) is 0 Å². The van der Waals surface area contributed by atoms with Crippen LogP contribution in [-0.2, 0) is 17.8 Å². The van der Waals surface area contributed by atoms with Gasteiger partial charge in [0.1, 0.15) is 5.75 Å². The highest BCUT2D eigenvalue weighted by atomic mass is 16.5. The maximum Gasteiger partial charge on any atom is 0.304 e. The van der Waals surface area contributed by atoms with Crippen LogP contribution in [0.1, 0.15) is 29.2 Å². The molecule has 2 aromatic rings. The highest BCUT2D eigenvalue weighted by Crippen LogP contribution is 2.34. The van der Waals surface area contributed by atoms with Crippen LogP contribution in [0.4, 0.5) is 0 Å². The van der Waals surface area contributed by atoms with Crippen molar-refractivity contribution in [2.75, 3.05) is 13.7 Å². The van der Waals surface area contributed by atoms with E-state index < -0.39 is 5.97 Å². The molecule has 0 saturated heterocycles. The lowest BCUT2D eigenvalue weighted by Gasteiger charge is -2.37. The number of hydrogen-bond acceptors (Lipinski definition) is 3. The predicted molar refractivity (Wildman–Crippen MR) is 88.5 cm³/mol. The molecule has 0 aliphatic carbocycles. The van der Waals surface area contributed by atoms with Gasteiger partial charge in [0.25, 0.3) is 0 Å². The topological polar surface area (TPSA) is 49.8 Å². The molecule has 4 nitrogen and oxygen atoms in total. The van der Waals surface area contributed by atoms with E-state index in [0.29, 0.717) is 6.54 Å². The minimum absolute atomic E-state index is 0.155. The molecule has 1 unspecified atom stereocenters. The summed E-state index contributed by atoms with van der Waals surface area (Å²) in [6, 6.07) is 16.7. The zero-order valence-electron chi connectivity index (χ0n) is 13.2. The Balaban J connectivity index is 1.90. The van der Waals surface area contributed by atoms with Gasteiger partial charge in [-0.25, -0.2) is 0 Å². The first kappa shape index (κ1) is 15.6. The number of carbonyl (C=O) groups is 1. The number of carboxylic acid groups (broad SMARTS) is 1. The van der Waals surface area contributed by atoms with Crippen molar-refractivity contribution in [2.24, 2.45) is 0 Å². The summed E-state index contributed by atoms with van der Waals surface area (Å²) in [5, 5.41) is 9.03. The fourth-order valence-corrected chi connectivity index (χ4v) is 3.22. The van der Waals surface area contributed by atoms with E-state index in [0.717, 1.165) is 18.7 Å². The fourth-order valence-electron chi connectivity index (χ4n) is 3.22. The van der Waals surface area contributed by atoms with E-state index in [9.17, 15) is 4.79 Å². The molecule has 120 valence electrons. The summed E-state index contributed by atoms with van der Waals surface area (Å²) in [6.07, 6.45) is 1.05. The number of fused-ring (bicyclic) bond motifs is 1. The first-order chi connectivity index (χ1) is 11.2. The molecule has 0 fully saturated rings. The number of carboxylic acids is 1. The van der Waals surface area contributed by atoms with Crippen LogP contribution in [0.25, 0.3) is 0 Å². The lowest BCUT2D eigenvalue weighted by molar-refractivity contribution is -0.137. The number of aliphatic carboxylic acids is 1. The Kier molecular flexibility index (Phi) is 4.63. The Labute approximate surface area is 136 Å². The molecule has 2 aromatic carbocycles. The molecule has 0 radical (unpaired) electrons. The van der Waals surface area contributed by atoms with Crippen LogP contribution in [0.2, 0.25) is 0 Å². The van der Waals surface area contributed by atoms with Gasteiger partial charge in [-0.3, -0.25) is 9.69 Å². The molecule has 3 rings (SSSR count). The summed E-state index contributed by atoms with van der Waals surface area (Å²) in [7, 11) is 1.67. The van der Waals surface area contributed by atoms with Crippen LogP contribution in [0, 0.1) is 0 Å². The first-order valence-corrected chi connectivity index (χ1v) is 7.84. The smallest absolute Gasteiger partial charge is 0.304 e. The summed E-state index contributed by atoms with van der Waals surface area (Å²) in [5.41, 5.74) is 3.77. The zero-order valence-corrected chi connectivity index (χ0v) is 13.2. The van der Waals surface area contributed by atoms with E-state index in [-0.39, 0.29) is 12.5 Å². The first-order valence-electron chi connectivity index (χ1n) is 7.84. The van der Waals surface area contributed by atoms with E-state index >= 15 is 0 Å². The second kappa shape index (κ2) is 6.84. The number of ether oxygens (including phenoxy) is 1. The quantitative estimate of drug-likeness (QED) is 0.921. The minimum atomic E-state index is -0.756.